The Morgan fingerprint density at radius 2 is 2.27 bits per heavy atom. The van der Waals surface area contributed by atoms with Crippen molar-refractivity contribution in [2.45, 2.75) is 32.3 Å². The molecule has 1 fully saturated rings. The molecule has 3 aromatic rings. The lowest BCUT2D eigenvalue weighted by molar-refractivity contribution is 0.0957. The summed E-state index contributed by atoms with van der Waals surface area (Å²) in [6, 6.07) is 7.88. The molecule has 2 N–H and O–H groups in total. The third-order valence-corrected chi connectivity index (χ3v) is 6.49. The molecule has 1 aliphatic heterocycles. The fourth-order valence-electron chi connectivity index (χ4n) is 3.67. The maximum Gasteiger partial charge on any atom is 0.261 e. The van der Waals surface area contributed by atoms with Gasteiger partial charge in [0.2, 0.25) is 0 Å². The van der Waals surface area contributed by atoms with Gasteiger partial charge in [-0.3, -0.25) is 4.79 Å². The number of fused-ring (bicyclic) bond motifs is 1. The molecule has 0 saturated carbocycles. The van der Waals surface area contributed by atoms with Gasteiger partial charge in [-0.1, -0.05) is 12.1 Å². The molecule has 0 radical (unpaired) electrons. The van der Waals surface area contributed by atoms with E-state index in [9.17, 15) is 4.79 Å². The van der Waals surface area contributed by atoms with Crippen molar-refractivity contribution >= 4 is 33.3 Å². The van der Waals surface area contributed by atoms with Crippen molar-refractivity contribution < 1.29 is 14.3 Å². The van der Waals surface area contributed by atoms with Crippen LogP contribution in [-0.4, -0.2) is 48.8 Å². The van der Waals surface area contributed by atoms with Crippen LogP contribution in [0.15, 0.2) is 30.6 Å². The van der Waals surface area contributed by atoms with Gasteiger partial charge < -0.3 is 20.1 Å². The van der Waals surface area contributed by atoms with Gasteiger partial charge in [0.1, 0.15) is 22.7 Å². The number of ether oxygens (including phenoxy) is 2. The van der Waals surface area contributed by atoms with Gasteiger partial charge in [0.15, 0.2) is 0 Å². The third kappa shape index (κ3) is 4.55. The molecule has 8 heteroatoms. The first-order valence-electron chi connectivity index (χ1n) is 10.2. The van der Waals surface area contributed by atoms with Crippen LogP contribution in [0.5, 0.6) is 5.75 Å². The van der Waals surface area contributed by atoms with E-state index in [1.807, 2.05) is 31.2 Å². The summed E-state index contributed by atoms with van der Waals surface area (Å²) in [5.41, 5.74) is 2.03. The third-order valence-electron chi connectivity index (χ3n) is 5.29. The van der Waals surface area contributed by atoms with Crippen LogP contribution in [0.25, 0.3) is 10.2 Å². The number of amides is 1. The number of aromatic nitrogens is 2. The van der Waals surface area contributed by atoms with Gasteiger partial charge in [-0.2, -0.15) is 0 Å². The van der Waals surface area contributed by atoms with Gasteiger partial charge in [-0.15, -0.1) is 11.3 Å². The molecule has 0 unspecified atom stereocenters. The molecule has 1 aromatic carbocycles. The standard InChI is InChI=1S/C22H26N4O3S/c1-14-18-20(24-12-17-7-4-10-29-17)25-13-26-22(18)30-19(14)21(27)23-9-8-15-5-3-6-16(11-15)28-2/h3,5-6,11,13,17H,4,7-10,12H2,1-2H3,(H,23,27)(H,24,25,26)/t17-/m0/s1. The molecule has 0 aliphatic carbocycles. The second-order valence-electron chi connectivity index (χ2n) is 7.33. The monoisotopic (exact) mass is 426 g/mol. The first-order chi connectivity index (χ1) is 14.7. The fraction of sp³-hybridized carbons (Fsp3) is 0.409. The van der Waals surface area contributed by atoms with Crippen molar-refractivity contribution in [3.8, 4) is 5.75 Å². The summed E-state index contributed by atoms with van der Waals surface area (Å²) in [4.78, 5) is 23.1. The first-order valence-corrected chi connectivity index (χ1v) is 11.0. The number of benzene rings is 1. The maximum atomic E-state index is 12.8. The molecule has 7 nitrogen and oxygen atoms in total. The molecule has 2 aromatic heterocycles. The van der Waals surface area contributed by atoms with Crippen LogP contribution in [0.4, 0.5) is 5.82 Å². The molecule has 1 atom stereocenters. The van der Waals surface area contributed by atoms with Crippen LogP contribution in [0.1, 0.15) is 33.6 Å². The molecule has 1 amide bonds. The van der Waals surface area contributed by atoms with E-state index in [0.29, 0.717) is 18.0 Å². The molecule has 0 bridgehead atoms. The highest BCUT2D eigenvalue weighted by Gasteiger charge is 2.20. The van der Waals surface area contributed by atoms with E-state index in [2.05, 4.69) is 20.6 Å². The maximum absolute atomic E-state index is 12.8. The van der Waals surface area contributed by atoms with E-state index in [1.54, 1.807) is 13.4 Å². The van der Waals surface area contributed by atoms with Crippen molar-refractivity contribution in [1.82, 2.24) is 15.3 Å². The largest absolute Gasteiger partial charge is 0.497 e. The number of nitrogens with one attached hydrogen (secondary N) is 2. The van der Waals surface area contributed by atoms with Crippen molar-refractivity contribution in [1.29, 1.82) is 0 Å². The Morgan fingerprint density at radius 1 is 1.37 bits per heavy atom. The smallest absolute Gasteiger partial charge is 0.261 e. The van der Waals surface area contributed by atoms with E-state index >= 15 is 0 Å². The lowest BCUT2D eigenvalue weighted by Crippen LogP contribution is -2.25. The predicted octanol–water partition coefficient (Wildman–Crippen LogP) is 3.57. The van der Waals surface area contributed by atoms with Gasteiger partial charge >= 0.3 is 0 Å². The highest BCUT2D eigenvalue weighted by molar-refractivity contribution is 7.20. The van der Waals surface area contributed by atoms with Crippen molar-refractivity contribution in [2.24, 2.45) is 0 Å². The summed E-state index contributed by atoms with van der Waals surface area (Å²) in [7, 11) is 1.65. The molecule has 1 saturated heterocycles. The van der Waals surface area contributed by atoms with Gasteiger partial charge in [0.05, 0.1) is 23.5 Å². The highest BCUT2D eigenvalue weighted by Crippen LogP contribution is 2.33. The molecule has 158 valence electrons. The van der Waals surface area contributed by atoms with Crippen molar-refractivity contribution in [2.75, 3.05) is 32.1 Å². The molecular weight excluding hydrogens is 400 g/mol. The van der Waals surface area contributed by atoms with Crippen molar-refractivity contribution in [3.05, 3.63) is 46.6 Å². The number of anilines is 1. The zero-order valence-corrected chi connectivity index (χ0v) is 18.1. The minimum atomic E-state index is -0.0801. The van der Waals surface area contributed by atoms with Gasteiger partial charge in [-0.05, 0) is 49.4 Å². The molecule has 30 heavy (non-hydrogen) atoms. The Morgan fingerprint density at radius 3 is 3.07 bits per heavy atom. The topological polar surface area (TPSA) is 85.4 Å². The van der Waals surface area contributed by atoms with E-state index in [1.165, 1.54) is 11.3 Å². The SMILES string of the molecule is COc1cccc(CCNC(=O)c2sc3ncnc(NC[C@@H]4CCCO4)c3c2C)c1. The van der Waals surface area contributed by atoms with Crippen LogP contribution in [0.2, 0.25) is 0 Å². The van der Waals surface area contributed by atoms with E-state index in [0.717, 1.165) is 58.8 Å². The lowest BCUT2D eigenvalue weighted by Gasteiger charge is -2.12. The number of hydrogen-bond acceptors (Lipinski definition) is 7. The summed E-state index contributed by atoms with van der Waals surface area (Å²) in [5.74, 6) is 1.50. The second-order valence-corrected chi connectivity index (χ2v) is 8.33. The van der Waals surface area contributed by atoms with Gasteiger partial charge in [-0.25, -0.2) is 9.97 Å². The first kappa shape index (κ1) is 20.6. The number of methoxy groups -OCH3 is 1. The Hall–Kier alpha value is -2.71. The molecular formula is C22H26N4O3S. The molecule has 0 spiro atoms. The number of hydrogen-bond donors (Lipinski definition) is 2. The van der Waals surface area contributed by atoms with E-state index in [-0.39, 0.29) is 12.0 Å². The fourth-order valence-corrected chi connectivity index (χ4v) is 4.73. The summed E-state index contributed by atoms with van der Waals surface area (Å²) < 4.78 is 10.9. The normalized spacial score (nSPS) is 16.0. The lowest BCUT2D eigenvalue weighted by atomic mass is 10.1. The number of carbonyl (C=O) groups is 1. The van der Waals surface area contributed by atoms with E-state index < -0.39 is 0 Å². The summed E-state index contributed by atoms with van der Waals surface area (Å²) in [5, 5.41) is 7.33. The number of aryl methyl sites for hydroxylation is 1. The predicted molar refractivity (Wildman–Crippen MR) is 119 cm³/mol. The Kier molecular flexibility index (Phi) is 6.44. The van der Waals surface area contributed by atoms with Crippen LogP contribution < -0.4 is 15.4 Å². The second kappa shape index (κ2) is 9.40. The quantitative estimate of drug-likeness (QED) is 0.573. The van der Waals surface area contributed by atoms with Crippen LogP contribution >= 0.6 is 11.3 Å². The number of thiophene rings is 1. The van der Waals surface area contributed by atoms with Crippen molar-refractivity contribution in [3.63, 3.8) is 0 Å². The summed E-state index contributed by atoms with van der Waals surface area (Å²) in [6.45, 7) is 4.04. The molecule has 3 heterocycles. The summed E-state index contributed by atoms with van der Waals surface area (Å²) in [6.07, 6.45) is 4.66. The minimum absolute atomic E-state index is 0.0801. The number of rotatable bonds is 8. The van der Waals surface area contributed by atoms with E-state index in [4.69, 9.17) is 9.47 Å². The summed E-state index contributed by atoms with van der Waals surface area (Å²) >= 11 is 1.40. The molecule has 4 rings (SSSR count). The minimum Gasteiger partial charge on any atom is -0.497 e. The Bertz CT molecular complexity index is 1030. The number of nitrogens with zero attached hydrogens (tertiary/aromatic N) is 2. The zero-order valence-electron chi connectivity index (χ0n) is 17.2. The Balaban J connectivity index is 1.43. The van der Waals surface area contributed by atoms with Crippen LogP contribution in [-0.2, 0) is 11.2 Å². The average Bonchev–Trinajstić information content (AvgIpc) is 3.40. The van der Waals surface area contributed by atoms with Gasteiger partial charge in [0.25, 0.3) is 5.91 Å². The highest BCUT2D eigenvalue weighted by atomic mass is 32.1. The zero-order chi connectivity index (χ0) is 20.9. The average molecular weight is 427 g/mol. The molecule has 1 aliphatic rings. The van der Waals surface area contributed by atoms with Gasteiger partial charge in [0, 0.05) is 19.7 Å². The van der Waals surface area contributed by atoms with Crippen LogP contribution in [0, 0.1) is 6.92 Å². The van der Waals surface area contributed by atoms with Crippen LogP contribution in [0.3, 0.4) is 0 Å². The number of carbonyl (C=O) groups excluding carboxylic acids is 1. The Labute approximate surface area is 179 Å².